The second-order valence-electron chi connectivity index (χ2n) is 5.15. The quantitative estimate of drug-likeness (QED) is 0.458. The molecule has 0 bridgehead atoms. The van der Waals surface area contributed by atoms with E-state index in [9.17, 15) is 14.5 Å². The van der Waals surface area contributed by atoms with Crippen LogP contribution in [0.25, 0.3) is 0 Å². The van der Waals surface area contributed by atoms with Crippen LogP contribution in [-0.4, -0.2) is 11.5 Å². The van der Waals surface area contributed by atoms with Gasteiger partial charge in [-0.05, 0) is 43.0 Å². The number of halogens is 1. The van der Waals surface area contributed by atoms with E-state index >= 15 is 0 Å². The molecule has 0 radical (unpaired) electrons. The first-order chi connectivity index (χ1) is 10.7. The molecule has 0 heterocycles. The third-order valence-corrected chi connectivity index (χ3v) is 3.46. The molecule has 2 rings (SSSR count). The van der Waals surface area contributed by atoms with Crippen LogP contribution in [0.4, 0.5) is 10.1 Å². The number of benzene rings is 2. The van der Waals surface area contributed by atoms with E-state index in [0.29, 0.717) is 12.0 Å². The van der Waals surface area contributed by atoms with Gasteiger partial charge in [0, 0.05) is 18.7 Å². The SMILES string of the molecule is O=[N+]([O-])c1ccc(F)c(CCCCNCc2ccccc2)c1. The van der Waals surface area contributed by atoms with Crippen LogP contribution in [0.5, 0.6) is 0 Å². The summed E-state index contributed by atoms with van der Waals surface area (Å²) in [6, 6.07) is 13.8. The van der Waals surface area contributed by atoms with Crippen LogP contribution in [0.15, 0.2) is 48.5 Å². The van der Waals surface area contributed by atoms with Gasteiger partial charge < -0.3 is 5.32 Å². The van der Waals surface area contributed by atoms with Gasteiger partial charge in [0.1, 0.15) is 5.82 Å². The molecule has 1 N–H and O–H groups in total. The van der Waals surface area contributed by atoms with E-state index in [1.54, 1.807) is 0 Å². The Morgan fingerprint density at radius 2 is 1.86 bits per heavy atom. The summed E-state index contributed by atoms with van der Waals surface area (Å²) in [6.07, 6.45) is 2.20. The normalized spacial score (nSPS) is 10.6. The van der Waals surface area contributed by atoms with Crippen molar-refractivity contribution in [1.29, 1.82) is 0 Å². The van der Waals surface area contributed by atoms with E-state index < -0.39 is 4.92 Å². The summed E-state index contributed by atoms with van der Waals surface area (Å²) in [5.74, 6) is -0.372. The molecule has 4 nitrogen and oxygen atoms in total. The average molecular weight is 302 g/mol. The predicted molar refractivity (Wildman–Crippen MR) is 84.1 cm³/mol. The van der Waals surface area contributed by atoms with Gasteiger partial charge in [-0.1, -0.05) is 30.3 Å². The highest BCUT2D eigenvalue weighted by Gasteiger charge is 2.10. The van der Waals surface area contributed by atoms with E-state index in [4.69, 9.17) is 0 Å². The van der Waals surface area contributed by atoms with Crippen molar-refractivity contribution < 1.29 is 9.31 Å². The molecule has 0 unspecified atom stereocenters. The van der Waals surface area contributed by atoms with Crippen LogP contribution in [-0.2, 0) is 13.0 Å². The number of hydrogen-bond donors (Lipinski definition) is 1. The summed E-state index contributed by atoms with van der Waals surface area (Å²) in [4.78, 5) is 10.2. The molecule has 0 aromatic heterocycles. The van der Waals surface area contributed by atoms with Gasteiger partial charge in [-0.2, -0.15) is 0 Å². The maximum Gasteiger partial charge on any atom is 0.269 e. The van der Waals surface area contributed by atoms with Crippen LogP contribution in [0.1, 0.15) is 24.0 Å². The molecular formula is C17H19FN2O2. The first-order valence-corrected chi connectivity index (χ1v) is 7.34. The first-order valence-electron chi connectivity index (χ1n) is 7.34. The van der Waals surface area contributed by atoms with E-state index in [2.05, 4.69) is 17.4 Å². The van der Waals surface area contributed by atoms with E-state index in [0.717, 1.165) is 25.9 Å². The molecule has 0 fully saturated rings. The highest BCUT2D eigenvalue weighted by molar-refractivity contribution is 5.35. The van der Waals surface area contributed by atoms with Crippen LogP contribution in [0, 0.1) is 15.9 Å². The fourth-order valence-corrected chi connectivity index (χ4v) is 2.26. The summed E-state index contributed by atoms with van der Waals surface area (Å²) >= 11 is 0. The lowest BCUT2D eigenvalue weighted by Gasteiger charge is -2.06. The second-order valence-corrected chi connectivity index (χ2v) is 5.15. The predicted octanol–water partition coefficient (Wildman–Crippen LogP) is 3.85. The number of nitro benzene ring substituents is 1. The number of rotatable bonds is 8. The Bertz CT molecular complexity index is 617. The van der Waals surface area contributed by atoms with Crippen LogP contribution >= 0.6 is 0 Å². The molecule has 0 saturated heterocycles. The van der Waals surface area contributed by atoms with Gasteiger partial charge >= 0.3 is 0 Å². The summed E-state index contributed by atoms with van der Waals surface area (Å²) in [5, 5.41) is 14.0. The summed E-state index contributed by atoms with van der Waals surface area (Å²) in [7, 11) is 0. The lowest BCUT2D eigenvalue weighted by atomic mass is 10.1. The summed E-state index contributed by atoms with van der Waals surface area (Å²) in [6.45, 7) is 1.65. The molecule has 0 saturated carbocycles. The number of nitrogens with one attached hydrogen (secondary N) is 1. The zero-order valence-electron chi connectivity index (χ0n) is 12.3. The van der Waals surface area contributed by atoms with Gasteiger partial charge in [0.15, 0.2) is 0 Å². The van der Waals surface area contributed by atoms with Gasteiger partial charge in [-0.3, -0.25) is 10.1 Å². The highest BCUT2D eigenvalue weighted by Crippen LogP contribution is 2.18. The Hall–Kier alpha value is -2.27. The minimum atomic E-state index is -0.496. The molecule has 5 heteroatoms. The number of non-ortho nitro benzene ring substituents is 1. The van der Waals surface area contributed by atoms with E-state index in [1.807, 2.05) is 18.2 Å². The number of nitro groups is 1. The van der Waals surface area contributed by atoms with Crippen molar-refractivity contribution in [3.8, 4) is 0 Å². The fourth-order valence-electron chi connectivity index (χ4n) is 2.26. The van der Waals surface area contributed by atoms with Crippen molar-refractivity contribution in [3.63, 3.8) is 0 Å². The zero-order chi connectivity index (χ0) is 15.8. The van der Waals surface area contributed by atoms with Gasteiger partial charge in [0.25, 0.3) is 5.69 Å². The van der Waals surface area contributed by atoms with Gasteiger partial charge in [-0.25, -0.2) is 4.39 Å². The average Bonchev–Trinajstić information content (AvgIpc) is 2.53. The van der Waals surface area contributed by atoms with Crippen molar-refractivity contribution in [3.05, 3.63) is 75.6 Å². The number of aryl methyl sites for hydroxylation is 1. The Labute approximate surface area is 129 Å². The van der Waals surface area contributed by atoms with Crippen LogP contribution < -0.4 is 5.32 Å². The zero-order valence-corrected chi connectivity index (χ0v) is 12.3. The Morgan fingerprint density at radius 1 is 1.09 bits per heavy atom. The molecule has 2 aromatic rings. The van der Waals surface area contributed by atoms with Crippen molar-refractivity contribution in [1.82, 2.24) is 5.32 Å². The third-order valence-electron chi connectivity index (χ3n) is 3.46. The molecule has 116 valence electrons. The molecule has 0 aliphatic heterocycles. The van der Waals surface area contributed by atoms with Gasteiger partial charge in [0.2, 0.25) is 0 Å². The number of nitrogens with zero attached hydrogens (tertiary/aromatic N) is 1. The largest absolute Gasteiger partial charge is 0.313 e. The molecular weight excluding hydrogens is 283 g/mol. The molecule has 0 amide bonds. The standard InChI is InChI=1S/C17H19FN2O2/c18-17-10-9-16(20(21)22)12-15(17)8-4-5-11-19-13-14-6-2-1-3-7-14/h1-3,6-7,9-10,12,19H,4-5,8,11,13H2. The van der Waals surface area contributed by atoms with Crippen molar-refractivity contribution in [2.75, 3.05) is 6.54 Å². The molecule has 22 heavy (non-hydrogen) atoms. The topological polar surface area (TPSA) is 55.2 Å². The monoisotopic (exact) mass is 302 g/mol. The van der Waals surface area contributed by atoms with E-state index in [1.165, 1.54) is 23.8 Å². The van der Waals surface area contributed by atoms with Crippen molar-refractivity contribution in [2.45, 2.75) is 25.8 Å². The lowest BCUT2D eigenvalue weighted by molar-refractivity contribution is -0.385. The molecule has 0 atom stereocenters. The molecule has 0 spiro atoms. The van der Waals surface area contributed by atoms with Gasteiger partial charge in [-0.15, -0.1) is 0 Å². The van der Waals surface area contributed by atoms with Crippen molar-refractivity contribution >= 4 is 5.69 Å². The highest BCUT2D eigenvalue weighted by atomic mass is 19.1. The summed E-state index contributed by atoms with van der Waals surface area (Å²) in [5.41, 5.74) is 1.59. The molecule has 0 aliphatic carbocycles. The minimum absolute atomic E-state index is 0.0568. The maximum atomic E-state index is 13.6. The van der Waals surface area contributed by atoms with Crippen LogP contribution in [0.3, 0.4) is 0 Å². The molecule has 2 aromatic carbocycles. The van der Waals surface area contributed by atoms with Crippen LogP contribution in [0.2, 0.25) is 0 Å². The maximum absolute atomic E-state index is 13.6. The Morgan fingerprint density at radius 3 is 2.59 bits per heavy atom. The van der Waals surface area contributed by atoms with Crippen molar-refractivity contribution in [2.24, 2.45) is 0 Å². The minimum Gasteiger partial charge on any atom is -0.313 e. The fraction of sp³-hybridized carbons (Fsp3) is 0.294. The van der Waals surface area contributed by atoms with Gasteiger partial charge in [0.05, 0.1) is 4.92 Å². The number of unbranched alkanes of at least 4 members (excludes halogenated alkanes) is 1. The smallest absolute Gasteiger partial charge is 0.269 e. The molecule has 0 aliphatic rings. The Kier molecular flexibility index (Phi) is 6.03. The first kappa shape index (κ1) is 16.1. The summed E-state index contributed by atoms with van der Waals surface area (Å²) < 4.78 is 13.6. The third kappa shape index (κ3) is 4.93. The number of hydrogen-bond acceptors (Lipinski definition) is 3. The Balaban J connectivity index is 1.70. The second kappa shape index (κ2) is 8.24. The van der Waals surface area contributed by atoms with E-state index in [-0.39, 0.29) is 11.5 Å². The lowest BCUT2D eigenvalue weighted by Crippen LogP contribution is -2.14.